The summed E-state index contributed by atoms with van der Waals surface area (Å²) in [5, 5.41) is 3.64. The van der Waals surface area contributed by atoms with Crippen LogP contribution in [0.25, 0.3) is 0 Å². The lowest BCUT2D eigenvalue weighted by Gasteiger charge is -2.45. The molecule has 1 saturated heterocycles. The lowest BCUT2D eigenvalue weighted by atomic mass is 9.79. The van der Waals surface area contributed by atoms with Crippen molar-refractivity contribution in [1.29, 1.82) is 0 Å². The van der Waals surface area contributed by atoms with Gasteiger partial charge < -0.3 is 15.0 Å². The fourth-order valence-electron chi connectivity index (χ4n) is 3.71. The lowest BCUT2D eigenvalue weighted by Crippen LogP contribution is -2.49. The predicted molar refractivity (Wildman–Crippen MR) is 83.8 cm³/mol. The van der Waals surface area contributed by atoms with Gasteiger partial charge in [0.05, 0.1) is 29.0 Å². The fourth-order valence-corrected chi connectivity index (χ4v) is 5.18. The number of hydrogen-bond acceptors (Lipinski definition) is 4. The van der Waals surface area contributed by atoms with E-state index in [0.717, 1.165) is 35.9 Å². The van der Waals surface area contributed by atoms with Gasteiger partial charge >= 0.3 is 0 Å². The molecule has 4 rings (SSSR count). The van der Waals surface area contributed by atoms with Crippen LogP contribution < -0.4 is 5.32 Å². The Bertz CT molecular complexity index is 641. The van der Waals surface area contributed by atoms with E-state index in [9.17, 15) is 0 Å². The van der Waals surface area contributed by atoms with Crippen LogP contribution in [-0.4, -0.2) is 22.6 Å². The van der Waals surface area contributed by atoms with Crippen LogP contribution in [0, 0.1) is 0 Å². The van der Waals surface area contributed by atoms with Gasteiger partial charge in [-0.25, -0.2) is 4.98 Å². The SMILES string of the molecule is C[C@H]1C[C@@]2(C[C@@H](c3c[nH]cn3)N1)OCCc1cc(Cl)sc12. The van der Waals surface area contributed by atoms with Crippen LogP contribution in [0.5, 0.6) is 0 Å². The van der Waals surface area contributed by atoms with Gasteiger partial charge in [0, 0.05) is 23.5 Å². The van der Waals surface area contributed by atoms with Crippen LogP contribution in [0.3, 0.4) is 0 Å². The Hall–Kier alpha value is -0.880. The molecule has 4 nitrogen and oxygen atoms in total. The summed E-state index contributed by atoms with van der Waals surface area (Å²) in [4.78, 5) is 8.79. The number of aromatic amines is 1. The largest absolute Gasteiger partial charge is 0.369 e. The molecule has 1 spiro atoms. The van der Waals surface area contributed by atoms with Crippen molar-refractivity contribution in [3.8, 4) is 0 Å². The fraction of sp³-hybridized carbons (Fsp3) is 0.533. The molecule has 2 aromatic heterocycles. The summed E-state index contributed by atoms with van der Waals surface area (Å²) >= 11 is 7.94. The highest BCUT2D eigenvalue weighted by Gasteiger charge is 2.46. The van der Waals surface area contributed by atoms with Gasteiger partial charge in [-0.15, -0.1) is 11.3 Å². The maximum atomic E-state index is 6.32. The summed E-state index contributed by atoms with van der Waals surface area (Å²) in [6.07, 6.45) is 6.56. The van der Waals surface area contributed by atoms with Crippen molar-refractivity contribution >= 4 is 22.9 Å². The molecule has 0 bridgehead atoms. The maximum Gasteiger partial charge on any atom is 0.106 e. The molecule has 0 unspecified atom stereocenters. The van der Waals surface area contributed by atoms with E-state index in [1.165, 1.54) is 10.4 Å². The molecule has 21 heavy (non-hydrogen) atoms. The Morgan fingerprint density at radius 1 is 1.48 bits per heavy atom. The van der Waals surface area contributed by atoms with Crippen molar-refractivity contribution in [3.05, 3.63) is 39.1 Å². The van der Waals surface area contributed by atoms with Crippen molar-refractivity contribution < 1.29 is 4.74 Å². The minimum Gasteiger partial charge on any atom is -0.369 e. The van der Waals surface area contributed by atoms with Crippen LogP contribution in [0.4, 0.5) is 0 Å². The van der Waals surface area contributed by atoms with Gasteiger partial charge in [-0.2, -0.15) is 0 Å². The minimum atomic E-state index is -0.209. The number of thiophene rings is 1. The van der Waals surface area contributed by atoms with Gasteiger partial charge in [-0.05, 0) is 31.4 Å². The monoisotopic (exact) mass is 323 g/mol. The summed E-state index contributed by atoms with van der Waals surface area (Å²) < 4.78 is 7.19. The van der Waals surface area contributed by atoms with Crippen molar-refractivity contribution in [1.82, 2.24) is 15.3 Å². The molecule has 2 N–H and O–H groups in total. The van der Waals surface area contributed by atoms with Crippen LogP contribution in [0.2, 0.25) is 4.34 Å². The van der Waals surface area contributed by atoms with Gasteiger partial charge in [-0.3, -0.25) is 0 Å². The number of halogens is 1. The summed E-state index contributed by atoms with van der Waals surface area (Å²) in [5.74, 6) is 0. The van der Waals surface area contributed by atoms with Crippen molar-refractivity contribution in [2.24, 2.45) is 0 Å². The Balaban J connectivity index is 1.73. The average Bonchev–Trinajstić information content (AvgIpc) is 3.07. The molecular formula is C15H18ClN3OS. The van der Waals surface area contributed by atoms with Gasteiger partial charge in [0.25, 0.3) is 0 Å². The number of fused-ring (bicyclic) bond motifs is 2. The van der Waals surface area contributed by atoms with E-state index in [-0.39, 0.29) is 11.6 Å². The Kier molecular flexibility index (Phi) is 3.34. The second-order valence-corrected chi connectivity index (χ2v) is 7.70. The standard InChI is InChI=1S/C15H18ClN3OS/c1-9-5-15(6-11(19-9)12-7-17-8-18-12)14-10(2-3-20-15)4-13(16)21-14/h4,7-9,11,19H,2-3,5-6H2,1H3,(H,17,18)/t9-,11-,15-/m0/s1. The van der Waals surface area contributed by atoms with Crippen molar-refractivity contribution in [2.45, 2.75) is 43.9 Å². The summed E-state index contributed by atoms with van der Waals surface area (Å²) in [5.41, 5.74) is 2.21. The van der Waals surface area contributed by atoms with E-state index in [2.05, 4.69) is 28.3 Å². The summed E-state index contributed by atoms with van der Waals surface area (Å²) in [7, 11) is 0. The number of piperidine rings is 1. The van der Waals surface area contributed by atoms with E-state index < -0.39 is 0 Å². The molecular weight excluding hydrogens is 306 g/mol. The lowest BCUT2D eigenvalue weighted by molar-refractivity contribution is -0.0957. The molecule has 2 aliphatic heterocycles. The average molecular weight is 324 g/mol. The van der Waals surface area contributed by atoms with Crippen LogP contribution in [-0.2, 0) is 16.8 Å². The second kappa shape index (κ2) is 5.09. The number of imidazole rings is 1. The maximum absolute atomic E-state index is 6.32. The van der Waals surface area contributed by atoms with Crippen molar-refractivity contribution in [3.63, 3.8) is 0 Å². The normalized spacial score (nSPS) is 32.3. The van der Waals surface area contributed by atoms with Gasteiger partial charge in [0.1, 0.15) is 5.60 Å². The number of hydrogen-bond donors (Lipinski definition) is 2. The molecule has 0 amide bonds. The van der Waals surface area contributed by atoms with E-state index in [1.807, 2.05) is 6.20 Å². The van der Waals surface area contributed by atoms with Crippen LogP contribution in [0.1, 0.15) is 41.9 Å². The van der Waals surface area contributed by atoms with Gasteiger partial charge in [0.15, 0.2) is 0 Å². The third-order valence-electron chi connectivity index (χ3n) is 4.47. The van der Waals surface area contributed by atoms with Gasteiger partial charge in [0.2, 0.25) is 0 Å². The summed E-state index contributed by atoms with van der Waals surface area (Å²) in [6, 6.07) is 2.71. The van der Waals surface area contributed by atoms with E-state index >= 15 is 0 Å². The highest BCUT2D eigenvalue weighted by Crippen LogP contribution is 2.49. The molecule has 6 heteroatoms. The Morgan fingerprint density at radius 2 is 2.38 bits per heavy atom. The molecule has 0 radical (unpaired) electrons. The Morgan fingerprint density at radius 3 is 3.19 bits per heavy atom. The van der Waals surface area contributed by atoms with Crippen molar-refractivity contribution in [2.75, 3.05) is 6.61 Å². The first-order valence-corrected chi connectivity index (χ1v) is 8.53. The zero-order valence-electron chi connectivity index (χ0n) is 11.9. The molecule has 0 aromatic carbocycles. The molecule has 2 aliphatic rings. The number of nitrogens with zero attached hydrogens (tertiary/aromatic N) is 1. The van der Waals surface area contributed by atoms with Crippen LogP contribution in [0.15, 0.2) is 18.6 Å². The first-order valence-electron chi connectivity index (χ1n) is 7.34. The number of ether oxygens (including phenoxy) is 1. The van der Waals surface area contributed by atoms with E-state index in [1.54, 1.807) is 17.7 Å². The molecule has 4 heterocycles. The molecule has 2 aromatic rings. The molecule has 3 atom stereocenters. The quantitative estimate of drug-likeness (QED) is 0.845. The zero-order chi connectivity index (χ0) is 14.4. The molecule has 0 saturated carbocycles. The van der Waals surface area contributed by atoms with Crippen LogP contribution >= 0.6 is 22.9 Å². The number of nitrogens with one attached hydrogen (secondary N) is 2. The first-order chi connectivity index (χ1) is 10.2. The number of aromatic nitrogens is 2. The first kappa shape index (κ1) is 13.8. The van der Waals surface area contributed by atoms with Gasteiger partial charge in [-0.1, -0.05) is 11.6 Å². The minimum absolute atomic E-state index is 0.209. The number of rotatable bonds is 1. The summed E-state index contributed by atoms with van der Waals surface area (Å²) in [6.45, 7) is 2.99. The topological polar surface area (TPSA) is 49.9 Å². The van der Waals surface area contributed by atoms with E-state index in [4.69, 9.17) is 16.3 Å². The highest BCUT2D eigenvalue weighted by atomic mass is 35.5. The molecule has 1 fully saturated rings. The second-order valence-electron chi connectivity index (χ2n) is 6.02. The number of H-pyrrole nitrogens is 1. The molecule has 0 aliphatic carbocycles. The highest BCUT2D eigenvalue weighted by molar-refractivity contribution is 7.16. The smallest absolute Gasteiger partial charge is 0.106 e. The zero-order valence-corrected chi connectivity index (χ0v) is 13.4. The Labute approximate surface area is 132 Å². The molecule has 112 valence electrons. The third kappa shape index (κ3) is 2.32. The predicted octanol–water partition coefficient (Wildman–Crippen LogP) is 3.41. The van der Waals surface area contributed by atoms with E-state index in [0.29, 0.717) is 6.04 Å². The third-order valence-corrected chi connectivity index (χ3v) is 5.97.